The van der Waals surface area contributed by atoms with E-state index in [0.717, 1.165) is 30.3 Å². The molecule has 0 unspecified atom stereocenters. The quantitative estimate of drug-likeness (QED) is 0.627. The molecule has 4 rings (SSSR count). The van der Waals surface area contributed by atoms with Crippen molar-refractivity contribution in [2.24, 2.45) is 13.0 Å². The largest absolute Gasteiger partial charge is 0.355 e. The van der Waals surface area contributed by atoms with Crippen LogP contribution in [0.4, 0.5) is 0 Å². The Morgan fingerprint density at radius 2 is 2.19 bits per heavy atom. The van der Waals surface area contributed by atoms with Gasteiger partial charge in [0.15, 0.2) is 5.16 Å². The van der Waals surface area contributed by atoms with E-state index in [0.29, 0.717) is 18.6 Å². The maximum Gasteiger partial charge on any atom is 0.224 e. The Bertz CT molecular complexity index is 747. The predicted octanol–water partition coefficient (Wildman–Crippen LogP) is 2.85. The minimum atomic E-state index is 0.112. The summed E-state index contributed by atoms with van der Waals surface area (Å²) in [5.74, 6) is 1.18. The van der Waals surface area contributed by atoms with Gasteiger partial charge in [0.2, 0.25) is 5.91 Å². The number of hydrogen-bond acceptors (Lipinski definition) is 4. The summed E-state index contributed by atoms with van der Waals surface area (Å²) < 4.78 is 2.00. The van der Waals surface area contributed by atoms with E-state index in [4.69, 9.17) is 0 Å². The van der Waals surface area contributed by atoms with Crippen LogP contribution >= 0.6 is 11.8 Å². The van der Waals surface area contributed by atoms with Crippen LogP contribution in [0.3, 0.4) is 0 Å². The van der Waals surface area contributed by atoms with Gasteiger partial charge in [0.1, 0.15) is 0 Å². The lowest BCUT2D eigenvalue weighted by molar-refractivity contribution is -0.125. The summed E-state index contributed by atoms with van der Waals surface area (Å²) in [6.45, 7) is 1.80. The molecule has 0 aliphatic carbocycles. The van der Waals surface area contributed by atoms with E-state index in [1.165, 1.54) is 12.0 Å². The number of carbonyl (C=O) groups excluding carboxylic acids is 1. The van der Waals surface area contributed by atoms with Crippen LogP contribution in [-0.2, 0) is 11.8 Å². The van der Waals surface area contributed by atoms with Gasteiger partial charge in [-0.1, -0.05) is 42.1 Å². The highest BCUT2D eigenvalue weighted by Gasteiger charge is 2.46. The van der Waals surface area contributed by atoms with E-state index in [2.05, 4.69) is 45.5 Å². The summed E-state index contributed by atoms with van der Waals surface area (Å²) in [6.07, 6.45) is 7.03. The zero-order valence-corrected chi connectivity index (χ0v) is 16.0. The first-order valence-electron chi connectivity index (χ1n) is 9.42. The Kier molecular flexibility index (Phi) is 5.31. The molecule has 2 fully saturated rings. The minimum Gasteiger partial charge on any atom is -0.355 e. The monoisotopic (exact) mass is 370 g/mol. The second kappa shape index (κ2) is 7.84. The number of nitrogens with zero attached hydrogens (tertiary/aromatic N) is 3. The molecule has 5 nitrogen and oxygen atoms in total. The molecule has 2 aliphatic rings. The fourth-order valence-corrected chi connectivity index (χ4v) is 5.18. The van der Waals surface area contributed by atoms with Gasteiger partial charge in [0, 0.05) is 43.8 Å². The summed E-state index contributed by atoms with van der Waals surface area (Å²) >= 11 is 1.68. The molecular weight excluding hydrogens is 344 g/mol. The first kappa shape index (κ1) is 17.6. The van der Waals surface area contributed by atoms with Gasteiger partial charge >= 0.3 is 0 Å². The smallest absolute Gasteiger partial charge is 0.224 e. The Morgan fingerprint density at radius 1 is 1.35 bits per heavy atom. The number of fused-ring (bicyclic) bond motifs is 1. The number of hydrogen-bond donors (Lipinski definition) is 1. The van der Waals surface area contributed by atoms with Crippen molar-refractivity contribution in [1.29, 1.82) is 0 Å². The molecule has 0 radical (unpaired) electrons. The van der Waals surface area contributed by atoms with E-state index in [1.807, 2.05) is 17.8 Å². The molecule has 6 heteroatoms. The lowest BCUT2D eigenvalue weighted by Crippen LogP contribution is -2.38. The second-order valence-electron chi connectivity index (χ2n) is 7.18. The summed E-state index contributed by atoms with van der Waals surface area (Å²) in [7, 11) is 1.99. The van der Waals surface area contributed by atoms with E-state index in [9.17, 15) is 4.79 Å². The van der Waals surface area contributed by atoms with Crippen molar-refractivity contribution in [3.05, 3.63) is 48.3 Å². The fourth-order valence-electron chi connectivity index (χ4n) is 4.39. The number of carbonyl (C=O) groups is 1. The molecule has 1 aromatic heterocycles. The van der Waals surface area contributed by atoms with Crippen LogP contribution < -0.4 is 5.32 Å². The number of nitrogens with one attached hydrogen (secondary N) is 1. The van der Waals surface area contributed by atoms with Crippen molar-refractivity contribution in [3.63, 3.8) is 0 Å². The number of imidazole rings is 1. The van der Waals surface area contributed by atoms with Crippen molar-refractivity contribution < 1.29 is 4.79 Å². The van der Waals surface area contributed by atoms with Crippen molar-refractivity contribution >= 4 is 17.7 Å². The van der Waals surface area contributed by atoms with E-state index >= 15 is 0 Å². The maximum atomic E-state index is 12.8. The Balaban J connectivity index is 1.33. The van der Waals surface area contributed by atoms with E-state index < -0.39 is 0 Å². The third-order valence-electron chi connectivity index (χ3n) is 5.61. The van der Waals surface area contributed by atoms with Gasteiger partial charge < -0.3 is 9.88 Å². The number of amides is 1. The van der Waals surface area contributed by atoms with Gasteiger partial charge in [-0.05, 0) is 31.4 Å². The molecule has 0 saturated carbocycles. The topological polar surface area (TPSA) is 50.2 Å². The lowest BCUT2D eigenvalue weighted by atomic mass is 9.93. The zero-order valence-electron chi connectivity index (χ0n) is 15.2. The van der Waals surface area contributed by atoms with Crippen LogP contribution in [0.1, 0.15) is 30.9 Å². The summed E-state index contributed by atoms with van der Waals surface area (Å²) in [5, 5.41) is 4.16. The van der Waals surface area contributed by atoms with Gasteiger partial charge in [-0.25, -0.2) is 4.98 Å². The van der Waals surface area contributed by atoms with E-state index in [1.54, 1.807) is 18.0 Å². The molecule has 2 aromatic rings. The van der Waals surface area contributed by atoms with Crippen molar-refractivity contribution in [3.8, 4) is 0 Å². The molecule has 26 heavy (non-hydrogen) atoms. The molecule has 138 valence electrons. The summed E-state index contributed by atoms with van der Waals surface area (Å²) in [5.41, 5.74) is 1.35. The van der Waals surface area contributed by atoms with Gasteiger partial charge in [0.05, 0.1) is 5.92 Å². The summed E-state index contributed by atoms with van der Waals surface area (Å²) in [4.78, 5) is 19.7. The third-order valence-corrected chi connectivity index (χ3v) is 6.67. The average Bonchev–Trinajstić information content (AvgIpc) is 3.36. The normalized spacial score (nSPS) is 25.3. The molecule has 3 heterocycles. The number of thioether (sulfide) groups is 1. The number of benzene rings is 1. The Morgan fingerprint density at radius 3 is 2.96 bits per heavy atom. The highest BCUT2D eigenvalue weighted by atomic mass is 32.2. The Hall–Kier alpha value is -1.79. The summed E-state index contributed by atoms with van der Waals surface area (Å²) in [6, 6.07) is 11.5. The van der Waals surface area contributed by atoms with Crippen LogP contribution in [0.2, 0.25) is 0 Å². The van der Waals surface area contributed by atoms with Crippen molar-refractivity contribution in [1.82, 2.24) is 19.8 Å². The highest BCUT2D eigenvalue weighted by molar-refractivity contribution is 7.99. The van der Waals surface area contributed by atoms with Gasteiger partial charge in [-0.3, -0.25) is 9.69 Å². The maximum absolute atomic E-state index is 12.8. The third kappa shape index (κ3) is 3.53. The van der Waals surface area contributed by atoms with E-state index in [-0.39, 0.29) is 11.8 Å². The zero-order chi connectivity index (χ0) is 17.9. The SMILES string of the molecule is Cn1ccnc1SCCNC(=O)[C@H]1C[C@@H](c2ccccc2)N2CCC[C@H]12. The molecule has 2 aliphatic heterocycles. The van der Waals surface area contributed by atoms with Crippen LogP contribution in [0, 0.1) is 5.92 Å². The van der Waals surface area contributed by atoms with Crippen LogP contribution in [0.15, 0.2) is 47.9 Å². The number of aryl methyl sites for hydroxylation is 1. The molecule has 3 atom stereocenters. The molecular formula is C20H26N4OS. The molecule has 2 saturated heterocycles. The van der Waals surface area contributed by atoms with Gasteiger partial charge in [-0.2, -0.15) is 0 Å². The van der Waals surface area contributed by atoms with Crippen LogP contribution in [-0.4, -0.2) is 45.2 Å². The lowest BCUT2D eigenvalue weighted by Gasteiger charge is -2.24. The molecule has 1 amide bonds. The number of aromatic nitrogens is 2. The Labute approximate surface area is 159 Å². The van der Waals surface area contributed by atoms with Crippen molar-refractivity contribution in [2.45, 2.75) is 36.5 Å². The fraction of sp³-hybridized carbons (Fsp3) is 0.500. The highest BCUT2D eigenvalue weighted by Crippen LogP contribution is 2.44. The molecule has 0 bridgehead atoms. The molecule has 1 N–H and O–H groups in total. The standard InChI is InChI=1S/C20H26N4OS/c1-23-12-9-22-20(23)26-13-10-21-19(25)16-14-18(15-6-3-2-4-7-15)24-11-5-8-17(16)24/h2-4,6-7,9,12,16-18H,5,8,10-11,13-14H2,1H3,(H,21,25)/t16-,17+,18-/m0/s1. The molecule has 1 aromatic carbocycles. The first-order valence-corrected chi connectivity index (χ1v) is 10.4. The molecule has 0 spiro atoms. The van der Waals surface area contributed by atoms with Crippen molar-refractivity contribution in [2.75, 3.05) is 18.8 Å². The minimum absolute atomic E-state index is 0.112. The second-order valence-corrected chi connectivity index (χ2v) is 8.24. The number of rotatable bonds is 6. The van der Waals surface area contributed by atoms with Gasteiger partial charge in [-0.15, -0.1) is 0 Å². The average molecular weight is 371 g/mol. The van der Waals surface area contributed by atoms with Gasteiger partial charge in [0.25, 0.3) is 0 Å². The first-order chi connectivity index (χ1) is 12.7. The predicted molar refractivity (Wildman–Crippen MR) is 104 cm³/mol. The van der Waals surface area contributed by atoms with Crippen LogP contribution in [0.25, 0.3) is 0 Å². The van der Waals surface area contributed by atoms with Crippen LogP contribution in [0.5, 0.6) is 0 Å².